The van der Waals surface area contributed by atoms with Crippen molar-refractivity contribution in [1.82, 2.24) is 4.90 Å². The number of nitrogens with zero attached hydrogens (tertiary/aromatic N) is 2. The van der Waals surface area contributed by atoms with Gasteiger partial charge in [0.1, 0.15) is 19.0 Å². The molecule has 39 heavy (non-hydrogen) atoms. The summed E-state index contributed by atoms with van der Waals surface area (Å²) in [5.74, 6) is 0.850. The maximum Gasteiger partial charge on any atom is 0.293 e. The molecule has 9 nitrogen and oxygen atoms in total. The van der Waals surface area contributed by atoms with Gasteiger partial charge < -0.3 is 14.2 Å². The fourth-order valence-electron chi connectivity index (χ4n) is 3.83. The minimum Gasteiger partial charge on any atom is -0.493 e. The van der Waals surface area contributed by atoms with Gasteiger partial charge in [-0.3, -0.25) is 24.6 Å². The molecular weight excluding hydrogens is 544 g/mol. The lowest BCUT2D eigenvalue weighted by atomic mass is 10.1. The summed E-state index contributed by atoms with van der Waals surface area (Å²) in [6.45, 7) is 4.21. The summed E-state index contributed by atoms with van der Waals surface area (Å²) >= 11 is 7.30. The van der Waals surface area contributed by atoms with E-state index in [0.29, 0.717) is 22.6 Å². The molecule has 0 bridgehead atoms. The summed E-state index contributed by atoms with van der Waals surface area (Å²) in [7, 11) is 1.44. The third-order valence-electron chi connectivity index (χ3n) is 5.84. The van der Waals surface area contributed by atoms with Gasteiger partial charge in [-0.25, -0.2) is 0 Å². The number of ether oxygens (including phenoxy) is 3. The molecule has 0 spiro atoms. The van der Waals surface area contributed by atoms with Crippen LogP contribution < -0.4 is 14.2 Å². The Kier molecular flexibility index (Phi) is 8.78. The van der Waals surface area contributed by atoms with Crippen LogP contribution in [0.2, 0.25) is 5.02 Å². The average Bonchev–Trinajstić information content (AvgIpc) is 3.17. The molecule has 0 atom stereocenters. The molecule has 1 saturated heterocycles. The van der Waals surface area contributed by atoms with Crippen LogP contribution in [0.3, 0.4) is 0 Å². The predicted molar refractivity (Wildman–Crippen MR) is 150 cm³/mol. The zero-order valence-corrected chi connectivity index (χ0v) is 23.0. The van der Waals surface area contributed by atoms with Gasteiger partial charge in [-0.1, -0.05) is 35.9 Å². The Hall–Kier alpha value is -4.02. The van der Waals surface area contributed by atoms with Gasteiger partial charge in [0.2, 0.25) is 0 Å². The monoisotopic (exact) mass is 568 g/mol. The summed E-state index contributed by atoms with van der Waals surface area (Å²) in [5, 5.41) is 10.9. The molecule has 1 aliphatic heterocycles. The van der Waals surface area contributed by atoms with Gasteiger partial charge in [-0.2, -0.15) is 0 Å². The number of halogens is 1. The van der Waals surface area contributed by atoms with Crippen LogP contribution in [0.15, 0.2) is 59.5 Å². The van der Waals surface area contributed by atoms with E-state index in [-0.39, 0.29) is 46.4 Å². The number of rotatable bonds is 10. The van der Waals surface area contributed by atoms with Crippen molar-refractivity contribution in [3.8, 4) is 17.2 Å². The number of aryl methyl sites for hydroxylation is 2. The first-order valence-electron chi connectivity index (χ1n) is 11.9. The molecule has 0 aromatic heterocycles. The van der Waals surface area contributed by atoms with Crippen LogP contribution in [0, 0.1) is 24.0 Å². The molecule has 3 aromatic rings. The van der Waals surface area contributed by atoms with E-state index in [4.69, 9.17) is 25.8 Å². The molecule has 0 unspecified atom stereocenters. The van der Waals surface area contributed by atoms with Crippen molar-refractivity contribution in [3.63, 3.8) is 0 Å². The highest BCUT2D eigenvalue weighted by Crippen LogP contribution is 2.39. The molecule has 0 N–H and O–H groups in total. The zero-order valence-electron chi connectivity index (χ0n) is 21.4. The lowest BCUT2D eigenvalue weighted by Crippen LogP contribution is -2.32. The number of carbonyl (C=O) groups is 2. The van der Waals surface area contributed by atoms with Gasteiger partial charge in [0, 0.05) is 12.1 Å². The lowest BCUT2D eigenvalue weighted by molar-refractivity contribution is -0.384. The smallest absolute Gasteiger partial charge is 0.293 e. The number of hydrogen-bond acceptors (Lipinski definition) is 8. The van der Waals surface area contributed by atoms with Crippen molar-refractivity contribution in [2.24, 2.45) is 0 Å². The summed E-state index contributed by atoms with van der Waals surface area (Å²) in [6, 6.07) is 15.2. The first-order valence-corrected chi connectivity index (χ1v) is 13.0. The van der Waals surface area contributed by atoms with E-state index in [1.165, 1.54) is 19.2 Å². The molecule has 1 aliphatic rings. The molecule has 3 aromatic carbocycles. The van der Waals surface area contributed by atoms with Gasteiger partial charge in [0.05, 0.1) is 28.5 Å². The predicted octanol–water partition coefficient (Wildman–Crippen LogP) is 6.57. The van der Waals surface area contributed by atoms with Gasteiger partial charge in [0.25, 0.3) is 16.8 Å². The van der Waals surface area contributed by atoms with E-state index < -0.39 is 10.8 Å². The Balaban J connectivity index is 1.44. The van der Waals surface area contributed by atoms with Crippen molar-refractivity contribution in [2.75, 3.05) is 20.3 Å². The Bertz CT molecular complexity index is 1470. The molecule has 1 heterocycles. The van der Waals surface area contributed by atoms with Crippen LogP contribution in [0.5, 0.6) is 17.2 Å². The second-order valence-electron chi connectivity index (χ2n) is 8.70. The van der Waals surface area contributed by atoms with Gasteiger partial charge in [-0.15, -0.1) is 0 Å². The lowest BCUT2D eigenvalue weighted by Gasteiger charge is -2.15. The number of amides is 2. The number of methoxy groups -OCH3 is 1. The maximum absolute atomic E-state index is 12.9. The number of nitro groups is 1. The van der Waals surface area contributed by atoms with Gasteiger partial charge in [-0.05, 0) is 72.1 Å². The van der Waals surface area contributed by atoms with E-state index >= 15 is 0 Å². The van der Waals surface area contributed by atoms with Crippen molar-refractivity contribution in [2.45, 2.75) is 20.5 Å². The minimum absolute atomic E-state index is 0.0279. The van der Waals surface area contributed by atoms with Crippen LogP contribution in [-0.4, -0.2) is 41.2 Å². The van der Waals surface area contributed by atoms with E-state index in [9.17, 15) is 19.7 Å². The molecule has 2 amide bonds. The van der Waals surface area contributed by atoms with Gasteiger partial charge >= 0.3 is 0 Å². The highest BCUT2D eigenvalue weighted by atomic mass is 35.5. The van der Waals surface area contributed by atoms with E-state index in [1.54, 1.807) is 30.3 Å². The fourth-order valence-corrected chi connectivity index (χ4v) is 4.97. The summed E-state index contributed by atoms with van der Waals surface area (Å²) in [6.07, 6.45) is 1.56. The van der Waals surface area contributed by atoms with E-state index in [2.05, 4.69) is 0 Å². The third-order valence-corrected chi connectivity index (χ3v) is 7.03. The average molecular weight is 569 g/mol. The standard InChI is InChI=1S/C28H25ClN2O7S/c1-17-7-8-18(2)23(11-17)37-10-9-30-27(32)25(39-28(30)33)15-20-13-22(29)26(24(14-20)36-3)38-16-19-5-4-6-21(12-19)31(34)35/h4-8,11-15H,9-10,16H2,1-3H3/b25-15-. The second-order valence-corrected chi connectivity index (χ2v) is 10.1. The van der Waals surface area contributed by atoms with Crippen molar-refractivity contribution < 1.29 is 28.7 Å². The Morgan fingerprint density at radius 1 is 1.05 bits per heavy atom. The SMILES string of the molecule is COc1cc(/C=C2\SC(=O)N(CCOc3cc(C)ccc3C)C2=O)cc(Cl)c1OCc1cccc([N+](=O)[O-])c1. The van der Waals surface area contributed by atoms with E-state index in [0.717, 1.165) is 27.8 Å². The number of nitro benzene ring substituents is 1. The normalized spacial score (nSPS) is 14.2. The van der Waals surface area contributed by atoms with Crippen LogP contribution in [0.1, 0.15) is 22.3 Å². The number of benzene rings is 3. The molecule has 4 rings (SSSR count). The van der Waals surface area contributed by atoms with Crippen LogP contribution in [0.4, 0.5) is 10.5 Å². The Morgan fingerprint density at radius 2 is 1.85 bits per heavy atom. The fraction of sp³-hybridized carbons (Fsp3) is 0.214. The summed E-state index contributed by atoms with van der Waals surface area (Å²) in [4.78, 5) is 37.4. The molecule has 0 saturated carbocycles. The summed E-state index contributed by atoms with van der Waals surface area (Å²) in [5.41, 5.74) is 3.10. The van der Waals surface area contributed by atoms with Crippen LogP contribution in [-0.2, 0) is 11.4 Å². The molecule has 0 radical (unpaired) electrons. The molecule has 11 heteroatoms. The molecule has 1 fully saturated rings. The number of non-ortho nitro benzene ring substituents is 1. The topological polar surface area (TPSA) is 108 Å². The Labute approximate surface area is 234 Å². The number of imide groups is 1. The number of hydrogen-bond donors (Lipinski definition) is 0. The zero-order chi connectivity index (χ0) is 28.1. The first-order chi connectivity index (χ1) is 18.7. The Morgan fingerprint density at radius 3 is 2.59 bits per heavy atom. The van der Waals surface area contributed by atoms with Crippen molar-refractivity contribution >= 4 is 46.3 Å². The molecule has 202 valence electrons. The first kappa shape index (κ1) is 28.0. The van der Waals surface area contributed by atoms with Crippen LogP contribution >= 0.6 is 23.4 Å². The molecule has 0 aliphatic carbocycles. The molecular formula is C28H25ClN2O7S. The van der Waals surface area contributed by atoms with Crippen LogP contribution in [0.25, 0.3) is 6.08 Å². The highest BCUT2D eigenvalue weighted by molar-refractivity contribution is 8.18. The van der Waals surface area contributed by atoms with Gasteiger partial charge in [0.15, 0.2) is 11.5 Å². The third kappa shape index (κ3) is 6.71. The van der Waals surface area contributed by atoms with E-state index in [1.807, 2.05) is 32.0 Å². The maximum atomic E-state index is 12.9. The minimum atomic E-state index is -0.481. The van der Waals surface area contributed by atoms with Crippen molar-refractivity contribution in [3.05, 3.63) is 96.9 Å². The largest absolute Gasteiger partial charge is 0.493 e. The number of carbonyl (C=O) groups excluding carboxylic acids is 2. The quantitative estimate of drug-likeness (QED) is 0.153. The second kappa shape index (κ2) is 12.2. The van der Waals surface area contributed by atoms with Crippen molar-refractivity contribution in [1.29, 1.82) is 0 Å². The number of thioether (sulfide) groups is 1. The highest BCUT2D eigenvalue weighted by Gasteiger charge is 2.35. The summed E-state index contributed by atoms with van der Waals surface area (Å²) < 4.78 is 17.0.